The van der Waals surface area contributed by atoms with Crippen molar-refractivity contribution in [2.24, 2.45) is 4.99 Å². The highest BCUT2D eigenvalue weighted by molar-refractivity contribution is 6.00. The molecular formula is C10H15N. The van der Waals surface area contributed by atoms with E-state index in [1.807, 2.05) is 38.2 Å². The van der Waals surface area contributed by atoms with Gasteiger partial charge >= 0.3 is 0 Å². The van der Waals surface area contributed by atoms with Crippen molar-refractivity contribution < 1.29 is 0 Å². The molecule has 0 aliphatic heterocycles. The highest BCUT2D eigenvalue weighted by Crippen LogP contribution is 1.99. The van der Waals surface area contributed by atoms with Gasteiger partial charge in [-0.3, -0.25) is 4.99 Å². The number of nitrogens with zero attached hydrogens (tertiary/aromatic N) is 1. The zero-order chi connectivity index (χ0) is 8.69. The summed E-state index contributed by atoms with van der Waals surface area (Å²) in [7, 11) is 1.78. The molecule has 60 valence electrons. The van der Waals surface area contributed by atoms with Gasteiger partial charge in [0.1, 0.15) is 0 Å². The molecule has 0 spiro atoms. The normalized spacial score (nSPS) is 14.1. The molecule has 1 nitrogen and oxygen atoms in total. The van der Waals surface area contributed by atoms with Gasteiger partial charge in [0.15, 0.2) is 0 Å². The molecule has 0 atom stereocenters. The van der Waals surface area contributed by atoms with E-state index in [2.05, 4.69) is 11.6 Å². The standard InChI is InChI=1S/C10H15N/c1-5-7-8-10(6-2)9(3)11-4/h5-8H,2H2,1,3-4H3/b7-5-,10-8+,11-9+. The Bertz CT molecular complexity index is 207. The number of aliphatic imine (C=N–C) groups is 1. The Hall–Kier alpha value is -1.11. The molecular weight excluding hydrogens is 134 g/mol. The van der Waals surface area contributed by atoms with Crippen molar-refractivity contribution in [3.63, 3.8) is 0 Å². The van der Waals surface area contributed by atoms with Crippen molar-refractivity contribution in [2.75, 3.05) is 7.05 Å². The Morgan fingerprint density at radius 3 is 2.45 bits per heavy atom. The van der Waals surface area contributed by atoms with Crippen LogP contribution in [0.15, 0.2) is 41.4 Å². The fourth-order valence-corrected chi connectivity index (χ4v) is 0.665. The van der Waals surface area contributed by atoms with Gasteiger partial charge in [0.25, 0.3) is 0 Å². The minimum Gasteiger partial charge on any atom is -0.293 e. The van der Waals surface area contributed by atoms with E-state index in [1.165, 1.54) is 0 Å². The van der Waals surface area contributed by atoms with Crippen LogP contribution < -0.4 is 0 Å². The third kappa shape index (κ3) is 3.56. The summed E-state index contributed by atoms with van der Waals surface area (Å²) in [6.45, 7) is 7.65. The van der Waals surface area contributed by atoms with Crippen LogP contribution in [0.25, 0.3) is 0 Å². The van der Waals surface area contributed by atoms with Gasteiger partial charge in [-0.2, -0.15) is 0 Å². The Kier molecular flexibility index (Phi) is 5.09. The first-order chi connectivity index (χ1) is 5.26. The number of rotatable bonds is 3. The summed E-state index contributed by atoms with van der Waals surface area (Å²) in [5, 5.41) is 0. The van der Waals surface area contributed by atoms with Crippen LogP contribution in [0.3, 0.4) is 0 Å². The lowest BCUT2D eigenvalue weighted by Gasteiger charge is -1.96. The molecule has 0 aromatic carbocycles. The Balaban J connectivity index is 4.52. The van der Waals surface area contributed by atoms with E-state index in [9.17, 15) is 0 Å². The first kappa shape index (κ1) is 9.89. The maximum absolute atomic E-state index is 4.06. The predicted octanol–water partition coefficient (Wildman–Crippen LogP) is 2.77. The zero-order valence-electron chi connectivity index (χ0n) is 7.46. The number of hydrogen-bond acceptors (Lipinski definition) is 1. The van der Waals surface area contributed by atoms with Crippen LogP contribution >= 0.6 is 0 Å². The molecule has 0 bridgehead atoms. The molecule has 0 amide bonds. The number of allylic oxidation sites excluding steroid dienone is 5. The van der Waals surface area contributed by atoms with Crippen molar-refractivity contribution in [1.82, 2.24) is 0 Å². The van der Waals surface area contributed by atoms with Gasteiger partial charge in [0.05, 0.1) is 0 Å². The van der Waals surface area contributed by atoms with Crippen molar-refractivity contribution in [2.45, 2.75) is 13.8 Å². The van der Waals surface area contributed by atoms with Gasteiger partial charge in [0, 0.05) is 12.8 Å². The third-order valence-corrected chi connectivity index (χ3v) is 1.44. The second kappa shape index (κ2) is 5.66. The summed E-state index contributed by atoms with van der Waals surface area (Å²) in [6, 6.07) is 0. The monoisotopic (exact) mass is 149 g/mol. The lowest BCUT2D eigenvalue weighted by molar-refractivity contribution is 1.41. The molecule has 0 rings (SSSR count). The van der Waals surface area contributed by atoms with E-state index in [0.717, 1.165) is 11.3 Å². The minimum absolute atomic E-state index is 1.01. The Morgan fingerprint density at radius 2 is 2.09 bits per heavy atom. The van der Waals surface area contributed by atoms with Gasteiger partial charge in [-0.05, 0) is 19.4 Å². The van der Waals surface area contributed by atoms with Crippen LogP contribution in [-0.2, 0) is 0 Å². The summed E-state index contributed by atoms with van der Waals surface area (Å²) in [5.41, 5.74) is 2.09. The average Bonchev–Trinajstić information content (AvgIpc) is 2.05. The van der Waals surface area contributed by atoms with Crippen LogP contribution in [0.5, 0.6) is 0 Å². The molecule has 0 aliphatic rings. The molecule has 0 saturated heterocycles. The summed E-state index contributed by atoms with van der Waals surface area (Å²) >= 11 is 0. The van der Waals surface area contributed by atoms with Crippen molar-refractivity contribution in [3.8, 4) is 0 Å². The van der Waals surface area contributed by atoms with E-state index in [-0.39, 0.29) is 0 Å². The topological polar surface area (TPSA) is 12.4 Å². The molecule has 11 heavy (non-hydrogen) atoms. The van der Waals surface area contributed by atoms with Crippen molar-refractivity contribution in [3.05, 3.63) is 36.5 Å². The van der Waals surface area contributed by atoms with E-state index >= 15 is 0 Å². The van der Waals surface area contributed by atoms with Crippen LogP contribution in [0.1, 0.15) is 13.8 Å². The summed E-state index contributed by atoms with van der Waals surface area (Å²) in [6.07, 6.45) is 7.76. The maximum atomic E-state index is 4.06. The van der Waals surface area contributed by atoms with E-state index in [4.69, 9.17) is 0 Å². The molecule has 0 aromatic rings. The molecule has 0 saturated carbocycles. The van der Waals surface area contributed by atoms with E-state index in [0.29, 0.717) is 0 Å². The second-order valence-corrected chi connectivity index (χ2v) is 2.16. The van der Waals surface area contributed by atoms with Crippen molar-refractivity contribution >= 4 is 5.71 Å². The Morgan fingerprint density at radius 1 is 1.45 bits per heavy atom. The highest BCUT2D eigenvalue weighted by Gasteiger charge is 1.91. The van der Waals surface area contributed by atoms with Crippen LogP contribution in [-0.4, -0.2) is 12.8 Å². The molecule has 0 unspecified atom stereocenters. The van der Waals surface area contributed by atoms with E-state index in [1.54, 1.807) is 7.05 Å². The molecule has 0 radical (unpaired) electrons. The molecule has 1 heteroatoms. The molecule has 0 aromatic heterocycles. The fourth-order valence-electron chi connectivity index (χ4n) is 0.665. The summed E-state index contributed by atoms with van der Waals surface area (Å²) in [4.78, 5) is 4.06. The lowest BCUT2D eigenvalue weighted by atomic mass is 10.1. The van der Waals surface area contributed by atoms with Crippen LogP contribution in [0.2, 0.25) is 0 Å². The van der Waals surface area contributed by atoms with Gasteiger partial charge in [-0.15, -0.1) is 0 Å². The highest BCUT2D eigenvalue weighted by atomic mass is 14.7. The minimum atomic E-state index is 1.01. The average molecular weight is 149 g/mol. The third-order valence-electron chi connectivity index (χ3n) is 1.44. The van der Waals surface area contributed by atoms with Crippen molar-refractivity contribution in [1.29, 1.82) is 0 Å². The molecule has 0 N–H and O–H groups in total. The molecule has 0 aliphatic carbocycles. The summed E-state index contributed by atoms with van der Waals surface area (Å²) in [5.74, 6) is 0. The second-order valence-electron chi connectivity index (χ2n) is 2.16. The molecule has 0 fully saturated rings. The first-order valence-corrected chi connectivity index (χ1v) is 3.65. The van der Waals surface area contributed by atoms with E-state index < -0.39 is 0 Å². The predicted molar refractivity (Wildman–Crippen MR) is 52.1 cm³/mol. The number of hydrogen-bond donors (Lipinski definition) is 0. The summed E-state index contributed by atoms with van der Waals surface area (Å²) < 4.78 is 0. The maximum Gasteiger partial charge on any atom is 0.0385 e. The zero-order valence-corrected chi connectivity index (χ0v) is 7.46. The smallest absolute Gasteiger partial charge is 0.0385 e. The van der Waals surface area contributed by atoms with Gasteiger partial charge < -0.3 is 0 Å². The quantitative estimate of drug-likeness (QED) is 0.432. The van der Waals surface area contributed by atoms with Crippen LogP contribution in [0.4, 0.5) is 0 Å². The van der Waals surface area contributed by atoms with Gasteiger partial charge in [-0.25, -0.2) is 0 Å². The SMILES string of the molecule is C=CC(=C\C=C/C)/C(C)=N/C. The van der Waals surface area contributed by atoms with Gasteiger partial charge in [-0.1, -0.05) is 30.9 Å². The first-order valence-electron chi connectivity index (χ1n) is 3.65. The molecule has 0 heterocycles. The van der Waals surface area contributed by atoms with Gasteiger partial charge in [0.2, 0.25) is 0 Å². The van der Waals surface area contributed by atoms with Crippen LogP contribution in [0, 0.1) is 0 Å². The Labute approximate surface area is 68.9 Å². The lowest BCUT2D eigenvalue weighted by Crippen LogP contribution is -1.92. The largest absolute Gasteiger partial charge is 0.293 e. The fraction of sp³-hybridized carbons (Fsp3) is 0.300.